The fraction of sp³-hybridized carbons (Fsp3) is 0.278. The third kappa shape index (κ3) is 4.20. The minimum atomic E-state index is -4.10. The van der Waals surface area contributed by atoms with Crippen molar-refractivity contribution in [2.75, 3.05) is 38.1 Å². The summed E-state index contributed by atoms with van der Waals surface area (Å²) in [5.41, 5.74) is 0.394. The third-order valence-electron chi connectivity index (χ3n) is 4.22. The molecule has 0 spiro atoms. The van der Waals surface area contributed by atoms with E-state index < -0.39 is 10.0 Å². The Balaban J connectivity index is 1.93. The van der Waals surface area contributed by atoms with Gasteiger partial charge in [0.05, 0.1) is 36.6 Å². The van der Waals surface area contributed by atoms with Gasteiger partial charge in [-0.3, -0.25) is 9.52 Å². The fourth-order valence-electron chi connectivity index (χ4n) is 2.77. The van der Waals surface area contributed by atoms with Gasteiger partial charge in [0.25, 0.3) is 15.9 Å². The molecule has 1 N–H and O–H groups in total. The van der Waals surface area contributed by atoms with Crippen molar-refractivity contribution in [3.63, 3.8) is 0 Å². The molecule has 0 atom stereocenters. The predicted octanol–water partition coefficient (Wildman–Crippen LogP) is 3.28. The molecule has 10 heteroatoms. The molecule has 150 valence electrons. The topological polar surface area (TPSA) is 84.9 Å². The lowest BCUT2D eigenvalue weighted by atomic mass is 10.1. The van der Waals surface area contributed by atoms with Crippen LogP contribution in [0.4, 0.5) is 5.69 Å². The molecule has 7 nitrogen and oxygen atoms in total. The monoisotopic (exact) mass is 444 g/mol. The molecule has 0 radical (unpaired) electrons. The van der Waals surface area contributed by atoms with Gasteiger partial charge in [0.1, 0.15) is 15.7 Å². The second-order valence-corrected chi connectivity index (χ2v) is 8.36. The zero-order valence-corrected chi connectivity index (χ0v) is 17.3. The maximum absolute atomic E-state index is 12.9. The normalized spacial score (nSPS) is 14.6. The molecule has 1 fully saturated rings. The molecule has 1 saturated heterocycles. The summed E-state index contributed by atoms with van der Waals surface area (Å²) >= 11 is 12.2. The SMILES string of the molecule is COc1ccc(S(=O)(=O)Nc2ccccc2C(=O)N2CCOCC2)c(Cl)c1Cl. The second kappa shape index (κ2) is 8.57. The van der Waals surface area contributed by atoms with E-state index in [2.05, 4.69) is 4.72 Å². The molecular formula is C18H18Cl2N2O5S. The maximum Gasteiger partial charge on any atom is 0.263 e. The molecule has 0 unspecified atom stereocenters. The van der Waals surface area contributed by atoms with Crippen LogP contribution in [0.15, 0.2) is 41.3 Å². The molecule has 0 bridgehead atoms. The van der Waals surface area contributed by atoms with E-state index >= 15 is 0 Å². The molecule has 28 heavy (non-hydrogen) atoms. The van der Waals surface area contributed by atoms with Crippen LogP contribution in [0, 0.1) is 0 Å². The first-order valence-corrected chi connectivity index (χ1v) is 10.6. The molecule has 0 aromatic heterocycles. The molecule has 1 heterocycles. The predicted molar refractivity (Wildman–Crippen MR) is 107 cm³/mol. The van der Waals surface area contributed by atoms with Crippen molar-refractivity contribution in [3.05, 3.63) is 52.0 Å². The summed E-state index contributed by atoms with van der Waals surface area (Å²) in [6.45, 7) is 1.78. The van der Waals surface area contributed by atoms with E-state index in [1.54, 1.807) is 23.1 Å². The van der Waals surface area contributed by atoms with Gasteiger partial charge in [-0.1, -0.05) is 35.3 Å². The fourth-order valence-corrected chi connectivity index (χ4v) is 4.70. The lowest BCUT2D eigenvalue weighted by Gasteiger charge is -2.27. The average molecular weight is 445 g/mol. The highest BCUT2D eigenvalue weighted by atomic mass is 35.5. The lowest BCUT2D eigenvalue weighted by molar-refractivity contribution is 0.0303. The van der Waals surface area contributed by atoms with Crippen LogP contribution < -0.4 is 9.46 Å². The van der Waals surface area contributed by atoms with Gasteiger partial charge in [-0.2, -0.15) is 0 Å². The van der Waals surface area contributed by atoms with Crippen molar-refractivity contribution in [2.45, 2.75) is 4.90 Å². The number of halogens is 2. The first-order valence-electron chi connectivity index (χ1n) is 8.36. The Morgan fingerprint density at radius 3 is 2.46 bits per heavy atom. The number of hydrogen-bond donors (Lipinski definition) is 1. The highest BCUT2D eigenvalue weighted by Gasteiger charge is 2.26. The van der Waals surface area contributed by atoms with E-state index in [1.165, 1.54) is 25.3 Å². The number of nitrogens with one attached hydrogen (secondary N) is 1. The van der Waals surface area contributed by atoms with Crippen LogP contribution in [-0.2, 0) is 14.8 Å². The van der Waals surface area contributed by atoms with Gasteiger partial charge in [-0.05, 0) is 24.3 Å². The van der Waals surface area contributed by atoms with Gasteiger partial charge in [0, 0.05) is 13.1 Å². The Bertz CT molecular complexity index is 991. The summed E-state index contributed by atoms with van der Waals surface area (Å²) < 4.78 is 38.5. The smallest absolute Gasteiger partial charge is 0.263 e. The summed E-state index contributed by atoms with van der Waals surface area (Å²) in [6, 6.07) is 9.09. The number of anilines is 1. The number of nitrogens with zero attached hydrogens (tertiary/aromatic N) is 1. The number of benzene rings is 2. The Morgan fingerprint density at radius 2 is 1.79 bits per heavy atom. The van der Waals surface area contributed by atoms with Crippen LogP contribution in [0.25, 0.3) is 0 Å². The van der Waals surface area contributed by atoms with Crippen molar-refractivity contribution >= 4 is 44.8 Å². The van der Waals surface area contributed by atoms with Gasteiger partial charge in [0.2, 0.25) is 0 Å². The van der Waals surface area contributed by atoms with Crippen molar-refractivity contribution in [3.8, 4) is 5.75 Å². The van der Waals surface area contributed by atoms with E-state index in [4.69, 9.17) is 32.7 Å². The Hall–Kier alpha value is -2.00. The maximum atomic E-state index is 12.9. The van der Waals surface area contributed by atoms with Crippen LogP contribution in [0.5, 0.6) is 5.75 Å². The van der Waals surface area contributed by atoms with Gasteiger partial charge in [-0.15, -0.1) is 0 Å². The molecule has 3 rings (SSSR count). The highest BCUT2D eigenvalue weighted by Crippen LogP contribution is 2.37. The van der Waals surface area contributed by atoms with Crippen molar-refractivity contribution in [1.29, 1.82) is 0 Å². The van der Waals surface area contributed by atoms with E-state index in [0.29, 0.717) is 26.3 Å². The number of rotatable bonds is 5. The number of carbonyl (C=O) groups excluding carboxylic acids is 1. The van der Waals surface area contributed by atoms with E-state index in [1.807, 2.05) is 0 Å². The average Bonchev–Trinajstić information content (AvgIpc) is 2.70. The van der Waals surface area contributed by atoms with E-state index in [9.17, 15) is 13.2 Å². The van der Waals surface area contributed by atoms with Gasteiger partial charge < -0.3 is 14.4 Å². The van der Waals surface area contributed by atoms with Crippen LogP contribution in [0.2, 0.25) is 10.0 Å². The Morgan fingerprint density at radius 1 is 1.11 bits per heavy atom. The summed E-state index contributed by atoms with van der Waals surface area (Å²) in [5.74, 6) is -0.0195. The van der Waals surface area contributed by atoms with Crippen LogP contribution >= 0.6 is 23.2 Å². The zero-order chi connectivity index (χ0) is 20.3. The summed E-state index contributed by atoms with van der Waals surface area (Å²) in [5, 5.41) is -0.171. The van der Waals surface area contributed by atoms with Crippen LogP contribution in [0.3, 0.4) is 0 Å². The molecule has 0 aliphatic carbocycles. The van der Waals surface area contributed by atoms with E-state index in [0.717, 1.165) is 0 Å². The molecule has 1 aliphatic rings. The molecule has 0 saturated carbocycles. The minimum absolute atomic E-state index is 0.00952. The quantitative estimate of drug-likeness (QED) is 0.764. The largest absolute Gasteiger partial charge is 0.495 e. The Labute approximate surface area is 173 Å². The summed E-state index contributed by atoms with van der Waals surface area (Å²) in [7, 11) is -2.70. The zero-order valence-electron chi connectivity index (χ0n) is 14.9. The molecule has 2 aromatic carbocycles. The first-order chi connectivity index (χ1) is 13.3. The van der Waals surface area contributed by atoms with Crippen molar-refractivity contribution < 1.29 is 22.7 Å². The second-order valence-electron chi connectivity index (χ2n) is 5.95. The van der Waals surface area contributed by atoms with Gasteiger partial charge in [0.15, 0.2) is 0 Å². The molecule has 1 aliphatic heterocycles. The van der Waals surface area contributed by atoms with Crippen molar-refractivity contribution in [2.24, 2.45) is 0 Å². The molecule has 2 aromatic rings. The van der Waals surface area contributed by atoms with Crippen LogP contribution in [0.1, 0.15) is 10.4 Å². The van der Waals surface area contributed by atoms with Crippen LogP contribution in [-0.4, -0.2) is 52.6 Å². The number of sulfonamides is 1. The standard InChI is InChI=1S/C18H18Cl2N2O5S/c1-26-14-6-7-15(17(20)16(14)19)28(24,25)21-13-5-3-2-4-12(13)18(23)22-8-10-27-11-9-22/h2-7,21H,8-11H2,1H3. The third-order valence-corrected chi connectivity index (χ3v) is 6.61. The number of ether oxygens (including phenoxy) is 2. The minimum Gasteiger partial charge on any atom is -0.495 e. The molecule has 1 amide bonds. The first kappa shape index (κ1) is 20.7. The number of morpholine rings is 1. The Kier molecular flexibility index (Phi) is 6.34. The lowest BCUT2D eigenvalue weighted by Crippen LogP contribution is -2.41. The number of amides is 1. The summed E-state index contributed by atoms with van der Waals surface area (Å²) in [4.78, 5) is 14.2. The van der Waals surface area contributed by atoms with E-state index in [-0.39, 0.29) is 37.8 Å². The van der Waals surface area contributed by atoms with Gasteiger partial charge >= 0.3 is 0 Å². The van der Waals surface area contributed by atoms with Crippen molar-refractivity contribution in [1.82, 2.24) is 4.90 Å². The number of para-hydroxylation sites is 1. The highest BCUT2D eigenvalue weighted by molar-refractivity contribution is 7.92. The summed E-state index contributed by atoms with van der Waals surface area (Å²) in [6.07, 6.45) is 0. The number of methoxy groups -OCH3 is 1. The molecular weight excluding hydrogens is 427 g/mol. The number of carbonyl (C=O) groups is 1. The van der Waals surface area contributed by atoms with Gasteiger partial charge in [-0.25, -0.2) is 8.42 Å². The number of hydrogen-bond acceptors (Lipinski definition) is 5.